The van der Waals surface area contributed by atoms with E-state index in [1.54, 1.807) is 0 Å². The van der Waals surface area contributed by atoms with Crippen LogP contribution >= 0.6 is 0 Å². The highest BCUT2D eigenvalue weighted by Gasteiger charge is 2.31. The highest BCUT2D eigenvalue weighted by Crippen LogP contribution is 2.27. The number of nitrogens with one attached hydrogen (secondary N) is 1. The summed E-state index contributed by atoms with van der Waals surface area (Å²) < 4.78 is 27.2. The Morgan fingerprint density at radius 1 is 1.39 bits per heavy atom. The molecule has 1 amide bonds. The first-order valence-electron chi connectivity index (χ1n) is 6.01. The molecule has 0 radical (unpaired) electrons. The first kappa shape index (κ1) is 13.0. The average molecular weight is 254 g/mol. The molecule has 0 spiro atoms. The Hall–Kier alpha value is -1.49. The highest BCUT2D eigenvalue weighted by molar-refractivity contribution is 5.93. The molecule has 5 heteroatoms. The van der Waals surface area contributed by atoms with Gasteiger partial charge in [-0.2, -0.15) is 0 Å². The number of carbonyl (C=O) groups excluding carboxylic acids is 1. The lowest BCUT2D eigenvalue weighted by Crippen LogP contribution is -2.34. The summed E-state index contributed by atoms with van der Waals surface area (Å²) in [7, 11) is 0. The second-order valence-corrected chi connectivity index (χ2v) is 4.74. The molecule has 1 aromatic rings. The smallest absolute Gasteiger partial charge is 0.229 e. The molecule has 1 saturated carbocycles. The van der Waals surface area contributed by atoms with Crippen LogP contribution in [0.2, 0.25) is 0 Å². The van der Waals surface area contributed by atoms with Gasteiger partial charge in [0.25, 0.3) is 0 Å². The van der Waals surface area contributed by atoms with Gasteiger partial charge in [0.2, 0.25) is 5.91 Å². The van der Waals surface area contributed by atoms with Crippen LogP contribution in [-0.4, -0.2) is 11.9 Å². The predicted molar refractivity (Wildman–Crippen MR) is 65.0 cm³/mol. The molecule has 2 rings (SSSR count). The minimum Gasteiger partial charge on any atom is -0.327 e. The molecule has 3 nitrogen and oxygen atoms in total. The number of hydrogen-bond donors (Lipinski definition) is 2. The number of carbonyl (C=O) groups is 1. The van der Waals surface area contributed by atoms with Crippen molar-refractivity contribution in [3.05, 3.63) is 29.3 Å². The summed E-state index contributed by atoms with van der Waals surface area (Å²) >= 11 is 0. The SMILES string of the molecule is Cc1ccc(F)c(NC(=O)C2CCCC2N)c1F. The fourth-order valence-electron chi connectivity index (χ4n) is 2.30. The second-order valence-electron chi connectivity index (χ2n) is 4.74. The Morgan fingerprint density at radius 2 is 2.11 bits per heavy atom. The monoisotopic (exact) mass is 254 g/mol. The zero-order valence-electron chi connectivity index (χ0n) is 10.2. The van der Waals surface area contributed by atoms with Crippen LogP contribution in [-0.2, 0) is 4.79 Å². The quantitative estimate of drug-likeness (QED) is 0.851. The van der Waals surface area contributed by atoms with Gasteiger partial charge in [0.1, 0.15) is 11.5 Å². The first-order valence-corrected chi connectivity index (χ1v) is 6.01. The minimum atomic E-state index is -0.766. The molecule has 1 aliphatic rings. The molecule has 3 N–H and O–H groups in total. The molecule has 0 saturated heterocycles. The predicted octanol–water partition coefficient (Wildman–Crippen LogP) is 2.34. The maximum atomic E-state index is 13.7. The molecule has 0 heterocycles. The lowest BCUT2D eigenvalue weighted by atomic mass is 10.0. The Kier molecular flexibility index (Phi) is 3.61. The van der Waals surface area contributed by atoms with Crippen LogP contribution in [0, 0.1) is 24.5 Å². The van der Waals surface area contributed by atoms with E-state index in [1.807, 2.05) is 0 Å². The Morgan fingerprint density at radius 3 is 2.72 bits per heavy atom. The number of anilines is 1. The van der Waals surface area contributed by atoms with Crippen molar-refractivity contribution in [3.8, 4) is 0 Å². The molecule has 0 bridgehead atoms. The van der Waals surface area contributed by atoms with Crippen LogP contribution in [0.5, 0.6) is 0 Å². The van der Waals surface area contributed by atoms with Crippen LogP contribution < -0.4 is 11.1 Å². The van der Waals surface area contributed by atoms with E-state index in [0.717, 1.165) is 18.9 Å². The number of halogens is 2. The third-order valence-electron chi connectivity index (χ3n) is 3.44. The van der Waals surface area contributed by atoms with Gasteiger partial charge in [-0.3, -0.25) is 4.79 Å². The van der Waals surface area contributed by atoms with Crippen LogP contribution in [0.3, 0.4) is 0 Å². The van der Waals surface area contributed by atoms with Gasteiger partial charge in [0.15, 0.2) is 5.82 Å². The number of nitrogens with two attached hydrogens (primary N) is 1. The van der Waals surface area contributed by atoms with Crippen molar-refractivity contribution < 1.29 is 13.6 Å². The van der Waals surface area contributed by atoms with Gasteiger partial charge in [-0.15, -0.1) is 0 Å². The summed E-state index contributed by atoms with van der Waals surface area (Å²) in [5.41, 5.74) is 5.71. The number of aryl methyl sites for hydroxylation is 1. The average Bonchev–Trinajstić information content (AvgIpc) is 2.76. The molecular weight excluding hydrogens is 238 g/mol. The van der Waals surface area contributed by atoms with E-state index in [0.29, 0.717) is 12.0 Å². The van der Waals surface area contributed by atoms with Crippen LogP contribution in [0.15, 0.2) is 12.1 Å². The molecular formula is C13H16F2N2O. The molecule has 1 fully saturated rings. The molecule has 2 unspecified atom stereocenters. The minimum absolute atomic E-state index is 0.221. The van der Waals surface area contributed by atoms with Crippen molar-refractivity contribution in [2.24, 2.45) is 11.7 Å². The number of hydrogen-bond acceptors (Lipinski definition) is 2. The summed E-state index contributed by atoms with van der Waals surface area (Å²) in [6.45, 7) is 1.52. The van der Waals surface area contributed by atoms with Gasteiger partial charge in [0, 0.05) is 6.04 Å². The van der Waals surface area contributed by atoms with E-state index in [-0.39, 0.29) is 17.6 Å². The standard InChI is InChI=1S/C13H16F2N2O/c1-7-5-6-9(14)12(11(7)15)17-13(18)8-3-2-4-10(8)16/h5-6,8,10H,2-4,16H2,1H3,(H,17,18). The summed E-state index contributed by atoms with van der Waals surface area (Å²) in [5, 5.41) is 2.32. The molecule has 98 valence electrons. The maximum Gasteiger partial charge on any atom is 0.229 e. The van der Waals surface area contributed by atoms with Gasteiger partial charge in [-0.25, -0.2) is 8.78 Å². The molecule has 1 aromatic carbocycles. The third-order valence-corrected chi connectivity index (χ3v) is 3.44. The molecule has 2 atom stereocenters. The zero-order valence-corrected chi connectivity index (χ0v) is 10.2. The van der Waals surface area contributed by atoms with Crippen molar-refractivity contribution in [3.63, 3.8) is 0 Å². The molecule has 0 aromatic heterocycles. The van der Waals surface area contributed by atoms with E-state index in [2.05, 4.69) is 5.32 Å². The van der Waals surface area contributed by atoms with Gasteiger partial charge in [0.05, 0.1) is 5.92 Å². The van der Waals surface area contributed by atoms with Crippen molar-refractivity contribution in [2.75, 3.05) is 5.32 Å². The van der Waals surface area contributed by atoms with E-state index >= 15 is 0 Å². The molecule has 1 aliphatic carbocycles. The summed E-state index contributed by atoms with van der Waals surface area (Å²) in [6, 6.07) is 2.26. The lowest BCUT2D eigenvalue weighted by Gasteiger charge is -2.16. The van der Waals surface area contributed by atoms with Crippen molar-refractivity contribution in [1.82, 2.24) is 0 Å². The number of benzene rings is 1. The molecule has 18 heavy (non-hydrogen) atoms. The largest absolute Gasteiger partial charge is 0.327 e. The summed E-state index contributed by atoms with van der Waals surface area (Å²) in [5.74, 6) is -2.25. The van der Waals surface area contributed by atoms with E-state index in [9.17, 15) is 13.6 Å². The van der Waals surface area contributed by atoms with Crippen LogP contribution in [0.1, 0.15) is 24.8 Å². The van der Waals surface area contributed by atoms with E-state index in [1.165, 1.54) is 13.0 Å². The van der Waals surface area contributed by atoms with Gasteiger partial charge in [-0.05, 0) is 31.4 Å². The fourth-order valence-corrected chi connectivity index (χ4v) is 2.30. The van der Waals surface area contributed by atoms with Crippen molar-refractivity contribution >= 4 is 11.6 Å². The van der Waals surface area contributed by atoms with E-state index < -0.39 is 17.5 Å². The van der Waals surface area contributed by atoms with Crippen LogP contribution in [0.25, 0.3) is 0 Å². The normalized spacial score (nSPS) is 23.1. The molecule has 0 aliphatic heterocycles. The second kappa shape index (κ2) is 5.02. The maximum absolute atomic E-state index is 13.7. The Bertz CT molecular complexity index is 476. The van der Waals surface area contributed by atoms with Crippen molar-refractivity contribution in [2.45, 2.75) is 32.2 Å². The van der Waals surface area contributed by atoms with Gasteiger partial charge < -0.3 is 11.1 Å². The fraction of sp³-hybridized carbons (Fsp3) is 0.462. The van der Waals surface area contributed by atoms with E-state index in [4.69, 9.17) is 5.73 Å². The zero-order chi connectivity index (χ0) is 13.3. The number of rotatable bonds is 2. The highest BCUT2D eigenvalue weighted by atomic mass is 19.1. The Balaban J connectivity index is 2.19. The lowest BCUT2D eigenvalue weighted by molar-refractivity contribution is -0.120. The first-order chi connectivity index (χ1) is 8.50. The Labute approximate surface area is 104 Å². The van der Waals surface area contributed by atoms with Crippen LogP contribution in [0.4, 0.5) is 14.5 Å². The summed E-state index contributed by atoms with van der Waals surface area (Å²) in [6.07, 6.45) is 2.32. The topological polar surface area (TPSA) is 55.1 Å². The van der Waals surface area contributed by atoms with Gasteiger partial charge in [-0.1, -0.05) is 12.5 Å². The number of amides is 1. The van der Waals surface area contributed by atoms with Gasteiger partial charge >= 0.3 is 0 Å². The van der Waals surface area contributed by atoms with Crippen molar-refractivity contribution in [1.29, 1.82) is 0 Å². The summed E-state index contributed by atoms with van der Waals surface area (Å²) in [4.78, 5) is 11.9. The third kappa shape index (κ3) is 2.36.